The van der Waals surface area contributed by atoms with Crippen LogP contribution >= 0.6 is 0 Å². The van der Waals surface area contributed by atoms with Gasteiger partial charge in [0.1, 0.15) is 0 Å². The Morgan fingerprint density at radius 1 is 0.947 bits per heavy atom. The first-order chi connectivity index (χ1) is 9.29. The van der Waals surface area contributed by atoms with Crippen LogP contribution in [0.15, 0.2) is 0 Å². The van der Waals surface area contributed by atoms with E-state index in [9.17, 15) is 4.79 Å². The molecule has 4 nitrogen and oxygen atoms in total. The van der Waals surface area contributed by atoms with Crippen molar-refractivity contribution < 1.29 is 4.79 Å². The first-order valence-electron chi connectivity index (χ1n) is 8.04. The van der Waals surface area contributed by atoms with Gasteiger partial charge in [-0.2, -0.15) is 0 Å². The zero-order valence-corrected chi connectivity index (χ0v) is 12.0. The van der Waals surface area contributed by atoms with E-state index in [1.54, 1.807) is 0 Å². The van der Waals surface area contributed by atoms with E-state index in [-0.39, 0.29) is 6.03 Å². The van der Waals surface area contributed by atoms with Crippen molar-refractivity contribution in [3.8, 4) is 0 Å². The summed E-state index contributed by atoms with van der Waals surface area (Å²) in [5, 5.41) is 6.17. The Morgan fingerprint density at radius 2 is 1.58 bits per heavy atom. The van der Waals surface area contributed by atoms with E-state index < -0.39 is 0 Å². The number of urea groups is 1. The number of hydrogen-bond donors (Lipinski definition) is 3. The summed E-state index contributed by atoms with van der Waals surface area (Å²) in [6.45, 7) is 1.55. The minimum Gasteiger partial charge on any atom is -0.338 e. The van der Waals surface area contributed by atoms with Crippen LogP contribution < -0.4 is 16.4 Å². The fourth-order valence-corrected chi connectivity index (χ4v) is 3.57. The molecule has 2 rings (SSSR count). The van der Waals surface area contributed by atoms with Crippen LogP contribution in [-0.4, -0.2) is 25.2 Å². The second-order valence-electron chi connectivity index (χ2n) is 6.23. The Morgan fingerprint density at radius 3 is 2.26 bits per heavy atom. The molecular weight excluding hydrogens is 238 g/mol. The summed E-state index contributed by atoms with van der Waals surface area (Å²) in [6, 6.07) is 0.415. The molecular formula is C15H29N3O. The topological polar surface area (TPSA) is 67.1 Å². The van der Waals surface area contributed by atoms with E-state index in [0.717, 1.165) is 25.9 Å². The third kappa shape index (κ3) is 4.68. The first-order valence-corrected chi connectivity index (χ1v) is 8.04. The van der Waals surface area contributed by atoms with Crippen molar-refractivity contribution in [1.82, 2.24) is 10.6 Å². The van der Waals surface area contributed by atoms with Crippen LogP contribution in [0.4, 0.5) is 4.79 Å². The lowest BCUT2D eigenvalue weighted by atomic mass is 9.79. The highest BCUT2D eigenvalue weighted by atomic mass is 16.2. The second kappa shape index (κ2) is 7.73. The maximum atomic E-state index is 11.9. The molecule has 19 heavy (non-hydrogen) atoms. The SMILES string of the molecule is NCC1CCCCC1CNC(=O)NC1CCCCC1. The van der Waals surface area contributed by atoms with Crippen LogP contribution in [0.2, 0.25) is 0 Å². The predicted octanol–water partition coefficient (Wildman–Crippen LogP) is 2.38. The Kier molecular flexibility index (Phi) is 5.95. The van der Waals surface area contributed by atoms with Crippen LogP contribution in [0, 0.1) is 11.8 Å². The van der Waals surface area contributed by atoms with Gasteiger partial charge in [0.2, 0.25) is 0 Å². The van der Waals surface area contributed by atoms with Gasteiger partial charge < -0.3 is 16.4 Å². The van der Waals surface area contributed by atoms with Crippen molar-refractivity contribution in [3.05, 3.63) is 0 Å². The van der Waals surface area contributed by atoms with Crippen LogP contribution in [0.25, 0.3) is 0 Å². The van der Waals surface area contributed by atoms with Crippen LogP contribution in [0.3, 0.4) is 0 Å². The average Bonchev–Trinajstić information content (AvgIpc) is 2.46. The van der Waals surface area contributed by atoms with Gasteiger partial charge in [-0.3, -0.25) is 0 Å². The van der Waals surface area contributed by atoms with Crippen LogP contribution in [0.5, 0.6) is 0 Å². The van der Waals surface area contributed by atoms with Crippen LogP contribution in [-0.2, 0) is 0 Å². The van der Waals surface area contributed by atoms with E-state index in [2.05, 4.69) is 10.6 Å². The standard InChI is InChI=1S/C15H29N3O/c16-10-12-6-4-5-7-13(12)11-17-15(19)18-14-8-2-1-3-9-14/h12-14H,1-11,16H2,(H2,17,18,19). The summed E-state index contributed by atoms with van der Waals surface area (Å²) in [5.74, 6) is 1.18. The van der Waals surface area contributed by atoms with E-state index in [1.807, 2.05) is 0 Å². The first kappa shape index (κ1) is 14.6. The Hall–Kier alpha value is -0.770. The number of nitrogens with one attached hydrogen (secondary N) is 2. The maximum Gasteiger partial charge on any atom is 0.315 e. The zero-order valence-electron chi connectivity index (χ0n) is 12.0. The molecule has 0 heterocycles. The fourth-order valence-electron chi connectivity index (χ4n) is 3.57. The van der Waals surface area contributed by atoms with Gasteiger partial charge >= 0.3 is 6.03 Å². The van der Waals surface area contributed by atoms with Gasteiger partial charge in [0.15, 0.2) is 0 Å². The predicted molar refractivity (Wildman–Crippen MR) is 77.9 cm³/mol. The van der Waals surface area contributed by atoms with Gasteiger partial charge in [-0.15, -0.1) is 0 Å². The van der Waals surface area contributed by atoms with Crippen LogP contribution in [0.1, 0.15) is 57.8 Å². The van der Waals surface area contributed by atoms with Gasteiger partial charge in [0.05, 0.1) is 0 Å². The van der Waals surface area contributed by atoms with Gasteiger partial charge in [-0.25, -0.2) is 4.79 Å². The molecule has 0 aromatic heterocycles. The number of rotatable bonds is 4. The number of amides is 2. The van der Waals surface area contributed by atoms with Gasteiger partial charge in [-0.1, -0.05) is 32.1 Å². The summed E-state index contributed by atoms with van der Waals surface area (Å²) < 4.78 is 0. The lowest BCUT2D eigenvalue weighted by Gasteiger charge is -2.31. The van der Waals surface area contributed by atoms with Crippen molar-refractivity contribution in [2.24, 2.45) is 17.6 Å². The Balaban J connectivity index is 1.67. The molecule has 0 bridgehead atoms. The molecule has 4 N–H and O–H groups in total. The smallest absolute Gasteiger partial charge is 0.315 e. The quantitative estimate of drug-likeness (QED) is 0.732. The fraction of sp³-hybridized carbons (Fsp3) is 0.933. The number of hydrogen-bond acceptors (Lipinski definition) is 2. The van der Waals surface area contributed by atoms with Crippen molar-refractivity contribution in [2.45, 2.75) is 63.8 Å². The van der Waals surface area contributed by atoms with E-state index >= 15 is 0 Å². The molecule has 0 saturated heterocycles. The molecule has 0 aliphatic heterocycles. The normalized spacial score (nSPS) is 28.9. The van der Waals surface area contributed by atoms with E-state index in [4.69, 9.17) is 5.73 Å². The minimum atomic E-state index is 0.0215. The Labute approximate surface area is 116 Å². The molecule has 0 aromatic carbocycles. The average molecular weight is 267 g/mol. The zero-order chi connectivity index (χ0) is 13.5. The largest absolute Gasteiger partial charge is 0.338 e. The molecule has 2 aliphatic rings. The lowest BCUT2D eigenvalue weighted by molar-refractivity contribution is 0.214. The van der Waals surface area contributed by atoms with E-state index in [1.165, 1.54) is 44.9 Å². The van der Waals surface area contributed by atoms with Gasteiger partial charge in [-0.05, 0) is 44.1 Å². The highest BCUT2D eigenvalue weighted by Gasteiger charge is 2.24. The number of carbonyl (C=O) groups excluding carboxylic acids is 1. The highest BCUT2D eigenvalue weighted by molar-refractivity contribution is 5.74. The molecule has 0 radical (unpaired) electrons. The molecule has 2 unspecified atom stereocenters. The summed E-state index contributed by atoms with van der Waals surface area (Å²) in [7, 11) is 0. The lowest BCUT2D eigenvalue weighted by Crippen LogP contribution is -2.45. The maximum absolute atomic E-state index is 11.9. The van der Waals surface area contributed by atoms with Crippen molar-refractivity contribution in [3.63, 3.8) is 0 Å². The monoisotopic (exact) mass is 267 g/mol. The van der Waals surface area contributed by atoms with E-state index in [0.29, 0.717) is 17.9 Å². The molecule has 110 valence electrons. The third-order valence-electron chi connectivity index (χ3n) is 4.83. The molecule has 2 amide bonds. The Bertz CT molecular complexity index is 277. The molecule has 2 saturated carbocycles. The number of nitrogens with two attached hydrogens (primary N) is 1. The molecule has 0 spiro atoms. The summed E-state index contributed by atoms with van der Waals surface area (Å²) in [6.07, 6.45) is 11.1. The summed E-state index contributed by atoms with van der Waals surface area (Å²) in [5.41, 5.74) is 5.82. The van der Waals surface area contributed by atoms with Crippen molar-refractivity contribution in [1.29, 1.82) is 0 Å². The van der Waals surface area contributed by atoms with Gasteiger partial charge in [0, 0.05) is 12.6 Å². The molecule has 2 fully saturated rings. The number of carbonyl (C=O) groups is 1. The molecule has 4 heteroatoms. The summed E-state index contributed by atoms with van der Waals surface area (Å²) >= 11 is 0. The third-order valence-corrected chi connectivity index (χ3v) is 4.83. The summed E-state index contributed by atoms with van der Waals surface area (Å²) in [4.78, 5) is 11.9. The molecule has 2 aliphatic carbocycles. The van der Waals surface area contributed by atoms with Crippen molar-refractivity contribution >= 4 is 6.03 Å². The molecule has 0 aromatic rings. The van der Waals surface area contributed by atoms with Crippen molar-refractivity contribution in [2.75, 3.05) is 13.1 Å². The molecule has 2 atom stereocenters. The highest BCUT2D eigenvalue weighted by Crippen LogP contribution is 2.28. The second-order valence-corrected chi connectivity index (χ2v) is 6.23. The minimum absolute atomic E-state index is 0.0215. The van der Waals surface area contributed by atoms with Gasteiger partial charge in [0.25, 0.3) is 0 Å².